The summed E-state index contributed by atoms with van der Waals surface area (Å²) in [5, 5.41) is 33.5. The summed E-state index contributed by atoms with van der Waals surface area (Å²) in [5.41, 5.74) is 5.38. The second-order valence-corrected chi connectivity index (χ2v) is 4.74. The number of rotatable bonds is 6. The molecular formula is C11H15FN6O5. The molecule has 2 rings (SSSR count). The molecule has 11 nitrogen and oxygen atoms in total. The average Bonchev–Trinajstić information content (AvgIpc) is 2.79. The van der Waals surface area contributed by atoms with Gasteiger partial charge < -0.3 is 25.4 Å². The van der Waals surface area contributed by atoms with Crippen LogP contribution in [0.1, 0.15) is 6.23 Å². The number of hydrogen-bond donors (Lipinski definition) is 4. The van der Waals surface area contributed by atoms with Crippen LogP contribution in [0.25, 0.3) is 10.4 Å². The third kappa shape index (κ3) is 3.11. The van der Waals surface area contributed by atoms with Crippen LogP contribution in [0.15, 0.2) is 22.2 Å². The molecule has 1 aliphatic rings. The molecule has 0 aliphatic carbocycles. The lowest BCUT2D eigenvalue weighted by atomic mass is 10.1. The predicted molar refractivity (Wildman–Crippen MR) is 74.1 cm³/mol. The number of aliphatic hydroxyl groups excluding tert-OH is 3. The minimum atomic E-state index is -2.22. The summed E-state index contributed by atoms with van der Waals surface area (Å²) in [7, 11) is 0. The first-order valence-corrected chi connectivity index (χ1v) is 6.60. The zero-order valence-electron chi connectivity index (χ0n) is 11.8. The van der Waals surface area contributed by atoms with Crippen molar-refractivity contribution in [3.05, 3.63) is 33.2 Å². The Morgan fingerprint density at radius 2 is 2.35 bits per heavy atom. The van der Waals surface area contributed by atoms with Crippen molar-refractivity contribution in [2.45, 2.75) is 24.2 Å². The van der Waals surface area contributed by atoms with E-state index in [4.69, 9.17) is 15.4 Å². The number of halogens is 1. The van der Waals surface area contributed by atoms with Crippen LogP contribution in [0.3, 0.4) is 0 Å². The van der Waals surface area contributed by atoms with Gasteiger partial charge in [-0.3, -0.25) is 4.57 Å². The van der Waals surface area contributed by atoms with Crippen LogP contribution in [0.2, 0.25) is 0 Å². The SMILES string of the molecule is [N-]=[N+]=NC1(CO)O[C@@H](n2ccc(NCCO)nc2=O)[C@@H](F)[C@@H]1O. The lowest BCUT2D eigenvalue weighted by Gasteiger charge is -2.23. The highest BCUT2D eigenvalue weighted by Crippen LogP contribution is 2.39. The topological polar surface area (TPSA) is 166 Å². The molecule has 1 aliphatic heterocycles. The van der Waals surface area contributed by atoms with E-state index in [1.54, 1.807) is 0 Å². The number of alkyl halides is 1. The average molecular weight is 330 g/mol. The summed E-state index contributed by atoms with van der Waals surface area (Å²) in [6, 6.07) is 1.34. The van der Waals surface area contributed by atoms with Crippen molar-refractivity contribution in [1.29, 1.82) is 0 Å². The van der Waals surface area contributed by atoms with Crippen molar-refractivity contribution < 1.29 is 24.4 Å². The maximum absolute atomic E-state index is 14.3. The fourth-order valence-electron chi connectivity index (χ4n) is 2.17. The second kappa shape index (κ2) is 6.89. The van der Waals surface area contributed by atoms with Crippen LogP contribution in [0.5, 0.6) is 0 Å². The Hall–Kier alpha value is -2.24. The molecule has 1 fully saturated rings. The van der Waals surface area contributed by atoms with Crippen LogP contribution in [0.4, 0.5) is 10.2 Å². The molecule has 23 heavy (non-hydrogen) atoms. The highest BCUT2D eigenvalue weighted by atomic mass is 19.1. The van der Waals surface area contributed by atoms with Crippen LogP contribution in [-0.2, 0) is 4.74 Å². The first-order valence-electron chi connectivity index (χ1n) is 6.60. The Bertz CT molecular complexity index is 665. The van der Waals surface area contributed by atoms with Crippen LogP contribution in [0, 0.1) is 0 Å². The maximum Gasteiger partial charge on any atom is 0.351 e. The quantitative estimate of drug-likeness (QED) is 0.291. The number of nitrogens with zero attached hydrogens (tertiary/aromatic N) is 5. The third-order valence-corrected chi connectivity index (χ3v) is 3.32. The zero-order valence-corrected chi connectivity index (χ0v) is 11.8. The first kappa shape index (κ1) is 17.1. The van der Waals surface area contributed by atoms with Gasteiger partial charge in [-0.05, 0) is 11.6 Å². The van der Waals surface area contributed by atoms with Gasteiger partial charge in [0, 0.05) is 17.7 Å². The summed E-state index contributed by atoms with van der Waals surface area (Å²) in [4.78, 5) is 18.0. The summed E-state index contributed by atoms with van der Waals surface area (Å²) in [5.74, 6) is 0.165. The lowest BCUT2D eigenvalue weighted by molar-refractivity contribution is -0.124. The van der Waals surface area contributed by atoms with E-state index < -0.39 is 36.5 Å². The van der Waals surface area contributed by atoms with Gasteiger partial charge in [0.25, 0.3) is 0 Å². The van der Waals surface area contributed by atoms with E-state index in [0.717, 1.165) is 4.57 Å². The maximum atomic E-state index is 14.3. The number of azide groups is 1. The van der Waals surface area contributed by atoms with Gasteiger partial charge in [-0.15, -0.1) is 0 Å². The molecule has 4 N–H and O–H groups in total. The van der Waals surface area contributed by atoms with Gasteiger partial charge in [0.2, 0.25) is 5.72 Å². The molecule has 1 aromatic heterocycles. The fourth-order valence-corrected chi connectivity index (χ4v) is 2.17. The van der Waals surface area contributed by atoms with Crippen molar-refractivity contribution in [3.63, 3.8) is 0 Å². The first-order chi connectivity index (χ1) is 11.0. The molecule has 1 saturated heterocycles. The van der Waals surface area contributed by atoms with Crippen molar-refractivity contribution in [2.24, 2.45) is 5.11 Å². The Balaban J connectivity index is 2.32. The van der Waals surface area contributed by atoms with Crippen molar-refractivity contribution in [3.8, 4) is 0 Å². The largest absolute Gasteiger partial charge is 0.395 e. The Morgan fingerprint density at radius 3 is 2.91 bits per heavy atom. The molecule has 1 aromatic rings. The smallest absolute Gasteiger partial charge is 0.351 e. The molecule has 1 unspecified atom stereocenters. The van der Waals surface area contributed by atoms with Gasteiger partial charge in [-0.2, -0.15) is 4.98 Å². The summed E-state index contributed by atoms with van der Waals surface area (Å²) >= 11 is 0. The number of ether oxygens (including phenoxy) is 1. The minimum Gasteiger partial charge on any atom is -0.395 e. The molecule has 0 amide bonds. The van der Waals surface area contributed by atoms with Crippen molar-refractivity contribution >= 4 is 5.82 Å². The highest BCUT2D eigenvalue weighted by Gasteiger charge is 2.56. The van der Waals surface area contributed by atoms with Crippen molar-refractivity contribution in [2.75, 3.05) is 25.1 Å². The Morgan fingerprint density at radius 1 is 1.61 bits per heavy atom. The molecule has 0 radical (unpaired) electrons. The van der Waals surface area contributed by atoms with Gasteiger partial charge in [0.15, 0.2) is 12.4 Å². The minimum absolute atomic E-state index is 0.165. The van der Waals surface area contributed by atoms with E-state index in [1.165, 1.54) is 12.3 Å². The summed E-state index contributed by atoms with van der Waals surface area (Å²) < 4.78 is 20.1. The van der Waals surface area contributed by atoms with E-state index in [1.807, 2.05) is 0 Å². The van der Waals surface area contributed by atoms with Crippen LogP contribution >= 0.6 is 0 Å². The van der Waals surface area contributed by atoms with Crippen LogP contribution < -0.4 is 11.0 Å². The van der Waals surface area contributed by atoms with Gasteiger partial charge in [0.05, 0.1) is 13.2 Å². The standard InChI is InChI=1S/C11H15FN6O5/c12-7-8(21)11(5-20,16-17-13)23-9(7)18-3-1-6(14-2-4-19)15-10(18)22/h1,3,7-9,19-21H,2,4-5H2,(H,14,15,22)/t7-,8-,9+,11?/m0/s1. The van der Waals surface area contributed by atoms with E-state index in [-0.39, 0.29) is 19.0 Å². The second-order valence-electron chi connectivity index (χ2n) is 4.74. The molecule has 2 heterocycles. The molecule has 0 spiro atoms. The monoisotopic (exact) mass is 330 g/mol. The summed E-state index contributed by atoms with van der Waals surface area (Å²) in [6.45, 7) is -0.959. The molecule has 0 bridgehead atoms. The van der Waals surface area contributed by atoms with E-state index in [0.29, 0.717) is 0 Å². The molecule has 0 saturated carbocycles. The van der Waals surface area contributed by atoms with E-state index in [2.05, 4.69) is 20.3 Å². The molecule has 4 atom stereocenters. The number of aromatic nitrogens is 2. The van der Waals surface area contributed by atoms with Gasteiger partial charge in [-0.1, -0.05) is 5.11 Å². The lowest BCUT2D eigenvalue weighted by Crippen LogP contribution is -2.43. The molecule has 12 heteroatoms. The predicted octanol–water partition coefficient (Wildman–Crippen LogP) is -1.13. The van der Waals surface area contributed by atoms with Gasteiger partial charge in [-0.25, -0.2) is 9.18 Å². The van der Waals surface area contributed by atoms with Gasteiger partial charge >= 0.3 is 5.69 Å². The highest BCUT2D eigenvalue weighted by molar-refractivity contribution is 5.31. The number of nitrogens with one attached hydrogen (secondary N) is 1. The normalized spacial score (nSPS) is 30.0. The van der Waals surface area contributed by atoms with Crippen molar-refractivity contribution in [1.82, 2.24) is 9.55 Å². The number of hydrogen-bond acceptors (Lipinski definition) is 8. The number of anilines is 1. The van der Waals surface area contributed by atoms with Gasteiger partial charge in [0.1, 0.15) is 11.9 Å². The van der Waals surface area contributed by atoms with Crippen LogP contribution in [-0.4, -0.2) is 62.6 Å². The van der Waals surface area contributed by atoms with E-state index >= 15 is 0 Å². The molecule has 126 valence electrons. The third-order valence-electron chi connectivity index (χ3n) is 3.32. The number of aliphatic hydroxyl groups is 3. The zero-order chi connectivity index (χ0) is 17.0. The van der Waals surface area contributed by atoms with E-state index in [9.17, 15) is 19.4 Å². The molecule has 0 aromatic carbocycles. The fraction of sp³-hybridized carbons (Fsp3) is 0.636. The Labute approximate surface area is 128 Å². The Kier molecular flexibility index (Phi) is 5.13. The summed E-state index contributed by atoms with van der Waals surface area (Å²) in [6.07, 6.45) is -4.52. The molecular weight excluding hydrogens is 315 g/mol.